The van der Waals surface area contributed by atoms with Crippen LogP contribution in [0.5, 0.6) is 0 Å². The Bertz CT molecular complexity index is 950. The molecule has 32 heavy (non-hydrogen) atoms. The van der Waals surface area contributed by atoms with E-state index in [1.165, 1.54) is 6.20 Å². The molecule has 172 valence electrons. The molecule has 0 saturated carbocycles. The fourth-order valence-electron chi connectivity index (χ4n) is 3.36. The SMILES string of the molecule is C=C(/N=C1/N=C(NC(=O)NCC)C(c2c(C)cccc2C)=C/C1=C/N)NCCCN(C)C. The molecule has 0 bridgehead atoms. The van der Waals surface area contributed by atoms with Gasteiger partial charge in [0.1, 0.15) is 11.7 Å². The molecule has 2 rings (SSSR count). The Morgan fingerprint density at radius 1 is 1.25 bits per heavy atom. The third-order valence-electron chi connectivity index (χ3n) is 4.88. The molecule has 0 unspecified atom stereocenters. The van der Waals surface area contributed by atoms with E-state index in [2.05, 4.69) is 37.4 Å². The molecule has 0 atom stereocenters. The maximum Gasteiger partial charge on any atom is 0.320 e. The van der Waals surface area contributed by atoms with E-state index in [0.717, 1.165) is 41.8 Å². The maximum absolute atomic E-state index is 12.3. The lowest BCUT2D eigenvalue weighted by atomic mass is 9.92. The normalized spacial score (nSPS) is 16.1. The van der Waals surface area contributed by atoms with Crippen molar-refractivity contribution in [2.45, 2.75) is 27.2 Å². The van der Waals surface area contributed by atoms with Gasteiger partial charge in [-0.2, -0.15) is 0 Å². The lowest BCUT2D eigenvalue weighted by Gasteiger charge is -2.22. The van der Waals surface area contributed by atoms with E-state index in [4.69, 9.17) is 5.73 Å². The van der Waals surface area contributed by atoms with E-state index >= 15 is 0 Å². The highest BCUT2D eigenvalue weighted by Crippen LogP contribution is 2.28. The van der Waals surface area contributed by atoms with E-state index in [-0.39, 0.29) is 6.03 Å². The Kier molecular flexibility index (Phi) is 9.22. The number of nitrogens with two attached hydrogens (primary N) is 1. The fourth-order valence-corrected chi connectivity index (χ4v) is 3.36. The van der Waals surface area contributed by atoms with Crippen LogP contribution in [-0.4, -0.2) is 56.3 Å². The van der Waals surface area contributed by atoms with Crippen LogP contribution in [0.3, 0.4) is 0 Å². The molecule has 1 heterocycles. The second-order valence-electron chi connectivity index (χ2n) is 7.86. The summed E-state index contributed by atoms with van der Waals surface area (Å²) in [7, 11) is 4.07. The van der Waals surface area contributed by atoms with Gasteiger partial charge in [0.05, 0.1) is 0 Å². The van der Waals surface area contributed by atoms with Crippen LogP contribution in [0.1, 0.15) is 30.0 Å². The average Bonchev–Trinajstić information content (AvgIpc) is 2.72. The number of benzene rings is 1. The summed E-state index contributed by atoms with van der Waals surface area (Å²) in [6, 6.07) is 5.73. The molecular formula is C24H35N7O. The van der Waals surface area contributed by atoms with E-state index in [0.29, 0.717) is 29.6 Å². The molecule has 0 spiro atoms. The predicted octanol–water partition coefficient (Wildman–Crippen LogP) is 2.67. The van der Waals surface area contributed by atoms with Gasteiger partial charge in [-0.15, -0.1) is 0 Å². The maximum atomic E-state index is 12.3. The lowest BCUT2D eigenvalue weighted by molar-refractivity contribution is 0.246. The smallest absolute Gasteiger partial charge is 0.320 e. The van der Waals surface area contributed by atoms with E-state index in [1.54, 1.807) is 0 Å². The molecule has 1 aliphatic rings. The number of hydrogen-bond acceptors (Lipinski definition) is 5. The van der Waals surface area contributed by atoms with Crippen LogP contribution < -0.4 is 21.7 Å². The Morgan fingerprint density at radius 2 is 1.94 bits per heavy atom. The van der Waals surface area contributed by atoms with E-state index in [1.807, 2.05) is 59.1 Å². The van der Waals surface area contributed by atoms with Crippen molar-refractivity contribution in [1.29, 1.82) is 0 Å². The molecule has 5 N–H and O–H groups in total. The molecule has 0 radical (unpaired) electrons. The second kappa shape index (κ2) is 11.9. The summed E-state index contributed by atoms with van der Waals surface area (Å²) in [5.74, 6) is 1.29. The molecule has 8 heteroatoms. The van der Waals surface area contributed by atoms with Gasteiger partial charge in [-0.1, -0.05) is 24.8 Å². The second-order valence-corrected chi connectivity index (χ2v) is 7.86. The summed E-state index contributed by atoms with van der Waals surface area (Å²) < 4.78 is 0. The third-order valence-corrected chi connectivity index (χ3v) is 4.88. The van der Waals surface area contributed by atoms with Crippen molar-refractivity contribution in [3.05, 3.63) is 65.1 Å². The first-order valence-electron chi connectivity index (χ1n) is 10.8. The number of amidine groups is 2. The van der Waals surface area contributed by atoms with Gasteiger partial charge in [-0.05, 0) is 70.6 Å². The van der Waals surface area contributed by atoms with Crippen molar-refractivity contribution in [3.8, 4) is 0 Å². The number of aliphatic imine (C=N–C) groups is 2. The van der Waals surface area contributed by atoms with E-state index in [9.17, 15) is 4.79 Å². The number of carbonyl (C=O) groups excluding carboxylic acids is 1. The van der Waals surface area contributed by atoms with Gasteiger partial charge in [-0.25, -0.2) is 14.8 Å². The molecular weight excluding hydrogens is 402 g/mol. The van der Waals surface area contributed by atoms with Gasteiger partial charge in [0.25, 0.3) is 0 Å². The molecule has 1 aromatic rings. The van der Waals surface area contributed by atoms with E-state index < -0.39 is 0 Å². The molecule has 8 nitrogen and oxygen atoms in total. The number of hydrogen-bond donors (Lipinski definition) is 4. The topological polar surface area (TPSA) is 107 Å². The third kappa shape index (κ3) is 6.81. The van der Waals surface area contributed by atoms with Crippen LogP contribution >= 0.6 is 0 Å². The minimum absolute atomic E-state index is 0.330. The number of aryl methyl sites for hydroxylation is 2. The van der Waals surface area contributed by atoms with Crippen LogP contribution in [-0.2, 0) is 0 Å². The van der Waals surface area contributed by atoms with Gasteiger partial charge in [0, 0.05) is 30.4 Å². The molecule has 2 amide bonds. The van der Waals surface area contributed by atoms with Crippen LogP contribution in [0.25, 0.3) is 5.57 Å². The van der Waals surface area contributed by atoms with Crippen molar-refractivity contribution in [1.82, 2.24) is 20.9 Å². The summed E-state index contributed by atoms with van der Waals surface area (Å²) in [6.45, 7) is 12.1. The van der Waals surface area contributed by atoms with Crippen LogP contribution in [0.15, 0.2) is 58.4 Å². The Hall–Kier alpha value is -3.39. The number of carbonyl (C=O) groups is 1. The predicted molar refractivity (Wildman–Crippen MR) is 134 cm³/mol. The summed E-state index contributed by atoms with van der Waals surface area (Å²) >= 11 is 0. The van der Waals surface area contributed by atoms with Gasteiger partial charge >= 0.3 is 6.03 Å². The van der Waals surface area contributed by atoms with Crippen molar-refractivity contribution < 1.29 is 4.79 Å². The molecule has 0 aromatic heterocycles. The number of amides is 2. The van der Waals surface area contributed by atoms with Crippen molar-refractivity contribution in [2.24, 2.45) is 15.7 Å². The minimum atomic E-state index is -0.330. The number of nitrogens with one attached hydrogen (secondary N) is 3. The van der Waals surface area contributed by atoms with Crippen molar-refractivity contribution in [2.75, 3.05) is 33.7 Å². The fraction of sp³-hybridized carbons (Fsp3) is 0.375. The highest BCUT2D eigenvalue weighted by atomic mass is 16.2. The Balaban J connectivity index is 2.39. The minimum Gasteiger partial charge on any atom is -0.404 e. The number of dihydropyridines is 1. The number of rotatable bonds is 8. The summed E-state index contributed by atoms with van der Waals surface area (Å²) in [5.41, 5.74) is 10.5. The molecule has 1 aliphatic heterocycles. The molecule has 0 aliphatic carbocycles. The quantitative estimate of drug-likeness (QED) is 0.469. The monoisotopic (exact) mass is 437 g/mol. The first-order valence-corrected chi connectivity index (χ1v) is 10.8. The average molecular weight is 438 g/mol. The Labute approximate surface area is 191 Å². The van der Waals surface area contributed by atoms with Gasteiger partial charge in [0.2, 0.25) is 0 Å². The molecule has 0 saturated heterocycles. The number of urea groups is 1. The van der Waals surface area contributed by atoms with Gasteiger partial charge in [-0.3, -0.25) is 5.32 Å². The summed E-state index contributed by atoms with van der Waals surface area (Å²) in [4.78, 5) is 23.6. The Morgan fingerprint density at radius 3 is 2.53 bits per heavy atom. The zero-order valence-corrected chi connectivity index (χ0v) is 19.7. The highest BCUT2D eigenvalue weighted by molar-refractivity contribution is 6.34. The van der Waals surface area contributed by atoms with Crippen LogP contribution in [0, 0.1) is 13.8 Å². The largest absolute Gasteiger partial charge is 0.404 e. The number of nitrogens with zero attached hydrogens (tertiary/aromatic N) is 3. The zero-order valence-electron chi connectivity index (χ0n) is 19.7. The molecule has 1 aromatic carbocycles. The standard InChI is InChI=1S/C24H35N7O/c1-7-26-24(32)30-23-20(21-16(2)10-8-11-17(21)3)14-19(15-25)22(29-23)28-18(4)27-12-9-13-31(5)6/h8,10-11,14-15,27H,4,7,9,12-13,25H2,1-3,5-6H3,(H2,26,28,29,30,32)/b19-15-. The van der Waals surface area contributed by atoms with Crippen LogP contribution in [0.4, 0.5) is 4.79 Å². The molecule has 0 fully saturated rings. The van der Waals surface area contributed by atoms with Crippen molar-refractivity contribution in [3.63, 3.8) is 0 Å². The van der Waals surface area contributed by atoms with Crippen LogP contribution in [0.2, 0.25) is 0 Å². The van der Waals surface area contributed by atoms with Gasteiger partial charge in [0.15, 0.2) is 5.84 Å². The first kappa shape index (κ1) is 24.9. The van der Waals surface area contributed by atoms with Crippen molar-refractivity contribution >= 4 is 23.3 Å². The zero-order chi connectivity index (χ0) is 23.7. The first-order chi connectivity index (χ1) is 15.3. The summed E-state index contributed by atoms with van der Waals surface area (Å²) in [6.07, 6.45) is 4.33. The lowest BCUT2D eigenvalue weighted by Crippen LogP contribution is -2.41. The highest BCUT2D eigenvalue weighted by Gasteiger charge is 2.23. The van der Waals surface area contributed by atoms with Gasteiger partial charge < -0.3 is 21.3 Å². The summed E-state index contributed by atoms with van der Waals surface area (Å²) in [5, 5.41) is 8.81.